The lowest BCUT2D eigenvalue weighted by atomic mass is 10.2. The molecule has 0 aliphatic heterocycles. The molecule has 0 unspecified atom stereocenters. The number of nitrogens with one attached hydrogen (secondary N) is 1. The lowest BCUT2D eigenvalue weighted by Crippen LogP contribution is -2.14. The summed E-state index contributed by atoms with van der Waals surface area (Å²) < 4.78 is 16.8. The Labute approximate surface area is 188 Å². The molecule has 0 radical (unpaired) electrons. The van der Waals surface area contributed by atoms with Gasteiger partial charge in [0.15, 0.2) is 5.82 Å². The zero-order valence-electron chi connectivity index (χ0n) is 17.6. The van der Waals surface area contributed by atoms with Gasteiger partial charge in [0.1, 0.15) is 29.6 Å². The van der Waals surface area contributed by atoms with Gasteiger partial charge in [-0.1, -0.05) is 5.16 Å². The Balaban J connectivity index is 1.49. The van der Waals surface area contributed by atoms with Crippen LogP contribution in [0.1, 0.15) is 32.4 Å². The number of carbonyl (C=O) groups excluding carboxylic acids is 1. The van der Waals surface area contributed by atoms with Crippen LogP contribution in [0.5, 0.6) is 11.5 Å². The third kappa shape index (κ3) is 5.67. The predicted octanol–water partition coefficient (Wildman–Crippen LogP) is 3.99. The van der Waals surface area contributed by atoms with Gasteiger partial charge in [0, 0.05) is 41.4 Å². The highest BCUT2D eigenvalue weighted by molar-refractivity contribution is 7.09. The maximum absolute atomic E-state index is 12.8. The van der Waals surface area contributed by atoms with Gasteiger partial charge in [-0.05, 0) is 26.0 Å². The second-order valence-electron chi connectivity index (χ2n) is 6.91. The van der Waals surface area contributed by atoms with Crippen LogP contribution in [0, 0.1) is 13.8 Å². The highest BCUT2D eigenvalue weighted by Gasteiger charge is 2.13. The van der Waals surface area contributed by atoms with Gasteiger partial charge >= 0.3 is 0 Å². The summed E-state index contributed by atoms with van der Waals surface area (Å²) in [4.78, 5) is 26.2. The van der Waals surface area contributed by atoms with E-state index in [0.717, 1.165) is 12.1 Å². The number of rotatable bonds is 9. The second kappa shape index (κ2) is 10.0. The van der Waals surface area contributed by atoms with E-state index in [4.69, 9.17) is 14.0 Å². The first-order valence-corrected chi connectivity index (χ1v) is 10.7. The molecule has 9 nitrogen and oxygen atoms in total. The van der Waals surface area contributed by atoms with Gasteiger partial charge in [0.25, 0.3) is 5.91 Å². The minimum Gasteiger partial charge on any atom is -0.493 e. The highest BCUT2D eigenvalue weighted by Crippen LogP contribution is 2.25. The molecule has 1 N–H and O–H groups in total. The fourth-order valence-electron chi connectivity index (χ4n) is 2.89. The van der Waals surface area contributed by atoms with Gasteiger partial charge in [-0.2, -0.15) is 0 Å². The summed E-state index contributed by atoms with van der Waals surface area (Å²) in [6, 6.07) is 6.84. The summed E-state index contributed by atoms with van der Waals surface area (Å²) >= 11 is 1.60. The Morgan fingerprint density at radius 1 is 1.09 bits per heavy atom. The van der Waals surface area contributed by atoms with E-state index in [0.29, 0.717) is 40.9 Å². The molecular formula is C22H21N5O4S. The van der Waals surface area contributed by atoms with Crippen molar-refractivity contribution in [3.8, 4) is 11.5 Å². The van der Waals surface area contributed by atoms with Gasteiger partial charge in [-0.15, -0.1) is 11.3 Å². The molecule has 4 aromatic rings. The van der Waals surface area contributed by atoms with Crippen LogP contribution in [-0.4, -0.2) is 32.6 Å². The highest BCUT2D eigenvalue weighted by atomic mass is 32.1. The van der Waals surface area contributed by atoms with E-state index in [1.54, 1.807) is 35.6 Å². The largest absolute Gasteiger partial charge is 0.493 e. The van der Waals surface area contributed by atoms with E-state index in [1.807, 2.05) is 19.4 Å². The average Bonchev–Trinajstić information content (AvgIpc) is 3.40. The molecule has 10 heteroatoms. The Morgan fingerprint density at radius 3 is 2.62 bits per heavy atom. The van der Waals surface area contributed by atoms with Crippen LogP contribution in [0.2, 0.25) is 0 Å². The fourth-order valence-corrected chi connectivity index (χ4v) is 3.66. The third-order valence-electron chi connectivity index (χ3n) is 4.45. The first-order chi connectivity index (χ1) is 15.6. The quantitative estimate of drug-likeness (QED) is 0.406. The zero-order chi connectivity index (χ0) is 22.3. The number of hydrogen-bond donors (Lipinski definition) is 1. The third-order valence-corrected chi connectivity index (χ3v) is 5.45. The van der Waals surface area contributed by atoms with Gasteiger partial charge in [0.2, 0.25) is 0 Å². The van der Waals surface area contributed by atoms with Gasteiger partial charge in [-0.3, -0.25) is 9.78 Å². The molecular weight excluding hydrogens is 430 g/mol. The van der Waals surface area contributed by atoms with Crippen molar-refractivity contribution in [3.05, 3.63) is 76.0 Å². The topological polar surface area (TPSA) is 112 Å². The van der Waals surface area contributed by atoms with Crippen LogP contribution in [0.15, 0.2) is 52.9 Å². The second-order valence-corrected chi connectivity index (χ2v) is 7.85. The van der Waals surface area contributed by atoms with Crippen molar-refractivity contribution in [1.29, 1.82) is 0 Å². The lowest BCUT2D eigenvalue weighted by molar-refractivity contribution is 0.102. The number of aryl methyl sites for hydroxylation is 2. The maximum Gasteiger partial charge on any atom is 0.257 e. The molecule has 1 amide bonds. The first-order valence-electron chi connectivity index (χ1n) is 9.86. The Bertz CT molecular complexity index is 1190. The zero-order valence-corrected chi connectivity index (χ0v) is 18.4. The van der Waals surface area contributed by atoms with Gasteiger partial charge in [0.05, 0.1) is 24.0 Å². The van der Waals surface area contributed by atoms with E-state index < -0.39 is 0 Å². The predicted molar refractivity (Wildman–Crippen MR) is 118 cm³/mol. The lowest BCUT2D eigenvalue weighted by Gasteiger charge is -2.12. The number of nitrogens with zero attached hydrogens (tertiary/aromatic N) is 4. The van der Waals surface area contributed by atoms with Gasteiger partial charge < -0.3 is 19.3 Å². The van der Waals surface area contributed by atoms with Crippen molar-refractivity contribution in [2.45, 2.75) is 26.9 Å². The number of amides is 1. The summed E-state index contributed by atoms with van der Waals surface area (Å²) in [5.74, 6) is 1.69. The SMILES string of the molecule is Cc1cc(COc2cc(OCCc3scnc3C)cc(C(=O)Nc3cnccn3)c2)no1. The van der Waals surface area contributed by atoms with E-state index >= 15 is 0 Å². The van der Waals surface area contributed by atoms with Crippen molar-refractivity contribution >= 4 is 23.1 Å². The average molecular weight is 452 g/mol. The van der Waals surface area contributed by atoms with Crippen molar-refractivity contribution in [2.24, 2.45) is 0 Å². The molecule has 164 valence electrons. The van der Waals surface area contributed by atoms with Crippen molar-refractivity contribution in [1.82, 2.24) is 20.1 Å². The van der Waals surface area contributed by atoms with Crippen molar-refractivity contribution < 1.29 is 18.8 Å². The minimum atomic E-state index is -0.351. The molecule has 3 aromatic heterocycles. The molecule has 0 fully saturated rings. The summed E-state index contributed by atoms with van der Waals surface area (Å²) in [7, 11) is 0. The summed E-state index contributed by atoms with van der Waals surface area (Å²) in [5.41, 5.74) is 3.84. The van der Waals surface area contributed by atoms with E-state index in [-0.39, 0.29) is 12.5 Å². The summed E-state index contributed by atoms with van der Waals surface area (Å²) in [5, 5.41) is 6.64. The number of thiazole rings is 1. The molecule has 0 saturated heterocycles. The van der Waals surface area contributed by atoms with Crippen molar-refractivity contribution in [3.63, 3.8) is 0 Å². The van der Waals surface area contributed by atoms with Crippen LogP contribution in [0.25, 0.3) is 0 Å². The molecule has 3 heterocycles. The summed E-state index contributed by atoms with van der Waals surface area (Å²) in [6.45, 7) is 4.43. The monoisotopic (exact) mass is 451 g/mol. The number of aromatic nitrogens is 4. The first kappa shape index (κ1) is 21.4. The molecule has 32 heavy (non-hydrogen) atoms. The van der Waals surface area contributed by atoms with E-state index in [9.17, 15) is 4.79 Å². The molecule has 0 aliphatic carbocycles. The smallest absolute Gasteiger partial charge is 0.257 e. The van der Waals surface area contributed by atoms with Gasteiger partial charge in [-0.25, -0.2) is 9.97 Å². The number of anilines is 1. The molecule has 0 bridgehead atoms. The number of hydrogen-bond acceptors (Lipinski definition) is 9. The fraction of sp³-hybridized carbons (Fsp3) is 0.227. The maximum atomic E-state index is 12.8. The number of benzene rings is 1. The minimum absolute atomic E-state index is 0.200. The van der Waals surface area contributed by atoms with E-state index in [2.05, 4.69) is 25.4 Å². The number of carbonyl (C=O) groups is 1. The molecule has 1 aromatic carbocycles. The number of ether oxygens (including phenoxy) is 2. The van der Waals surface area contributed by atoms with Crippen LogP contribution in [0.4, 0.5) is 5.82 Å². The van der Waals surface area contributed by atoms with Crippen LogP contribution < -0.4 is 14.8 Å². The molecule has 0 atom stereocenters. The Morgan fingerprint density at radius 2 is 1.94 bits per heavy atom. The standard InChI is InChI=1S/C22H21N5O4S/c1-14-7-17(27-31-14)12-30-19-9-16(22(28)26-21-11-23-4-5-24-21)8-18(10-19)29-6-3-20-15(2)25-13-32-20/h4-5,7-11,13H,3,6,12H2,1-2H3,(H,24,26,28). The molecule has 4 rings (SSSR count). The summed E-state index contributed by atoms with van der Waals surface area (Å²) in [6.07, 6.45) is 5.23. The Hall–Kier alpha value is -3.79. The Kier molecular flexibility index (Phi) is 6.71. The molecule has 0 aliphatic rings. The molecule has 0 spiro atoms. The van der Waals surface area contributed by atoms with Crippen LogP contribution >= 0.6 is 11.3 Å². The van der Waals surface area contributed by atoms with Crippen LogP contribution in [0.3, 0.4) is 0 Å². The van der Waals surface area contributed by atoms with E-state index in [1.165, 1.54) is 23.5 Å². The normalized spacial score (nSPS) is 10.7. The molecule has 0 saturated carbocycles. The van der Waals surface area contributed by atoms with Crippen LogP contribution in [-0.2, 0) is 13.0 Å². The van der Waals surface area contributed by atoms with Crippen molar-refractivity contribution in [2.75, 3.05) is 11.9 Å².